The topological polar surface area (TPSA) is 324 Å². The highest BCUT2D eigenvalue weighted by molar-refractivity contribution is 5.25. The number of methoxy groups -OCH3 is 1. The van der Waals surface area contributed by atoms with Crippen LogP contribution in [0.3, 0.4) is 0 Å². The first-order valence-corrected chi connectivity index (χ1v) is 27.2. The Morgan fingerprint density at radius 2 is 1.28 bits per heavy atom. The Morgan fingerprint density at radius 3 is 1.99 bits per heavy atom. The van der Waals surface area contributed by atoms with E-state index >= 15 is 0 Å². The Balaban J connectivity index is 0.810. The minimum atomic E-state index is -1.84. The highest BCUT2D eigenvalue weighted by Gasteiger charge is 2.61. The Hall–Kier alpha value is -1.14. The maximum absolute atomic E-state index is 11.5. The van der Waals surface area contributed by atoms with Crippen molar-refractivity contribution in [3.63, 3.8) is 0 Å². The second kappa shape index (κ2) is 23.1. The summed E-state index contributed by atoms with van der Waals surface area (Å²) in [4.78, 5) is 0. The van der Waals surface area contributed by atoms with Gasteiger partial charge in [0.2, 0.25) is 0 Å². The molecule has 3 saturated carbocycles. The summed E-state index contributed by atoms with van der Waals surface area (Å²) in [5, 5.41) is 116. The molecular formula is C52H86O22. The summed E-state index contributed by atoms with van der Waals surface area (Å²) in [6.07, 6.45) is -17.5. The number of rotatable bonds is 14. The summed E-state index contributed by atoms with van der Waals surface area (Å²) in [6.45, 7) is 10.8. The molecule has 5 saturated heterocycles. The highest BCUT2D eigenvalue weighted by atomic mass is 16.8. The highest BCUT2D eigenvalue weighted by Crippen LogP contribution is 2.67. The molecule has 5 aliphatic heterocycles. The van der Waals surface area contributed by atoms with Crippen molar-refractivity contribution in [3.05, 3.63) is 11.6 Å². The second-order valence-electron chi connectivity index (χ2n) is 23.6. The summed E-state index contributed by atoms with van der Waals surface area (Å²) < 4.78 is 67.1. The molecule has 0 spiro atoms. The first kappa shape index (κ1) is 57.5. The lowest BCUT2D eigenvalue weighted by molar-refractivity contribution is -0.375. The Morgan fingerprint density at radius 1 is 0.622 bits per heavy atom. The molecule has 22 nitrogen and oxygen atoms in total. The summed E-state index contributed by atoms with van der Waals surface area (Å²) in [6, 6.07) is 0. The van der Waals surface area contributed by atoms with Crippen LogP contribution in [0.4, 0.5) is 0 Å². The standard InChI is InChI=1S/C52H86O22/c1-21(68-50-47(43(61)38(56)23(3)69-50)74-49-45(63)42(60)40(58)34(72-49)20-65-48-44(62)41(59)39(57)33(19-53)71-48)28-10-11-29-27-9-8-25-16-26(12-14-51(25,5)30(27)13-15-52(28,29)6)70-36-18-32(64-7)46(24(4)67-36)73-35-17-31(54)37(55)22(2)66-35/h8,21-24,26-50,53-63H,9-20H2,1-7H3/t21-,22-,23-,24-,26+,27+,28-,29-,30+,31+,32+,33-,34-,35+,36+,37-,38-,39-,40-,41+,42+,43-,44-,45-,46-,47-,48-,49+,50-,51+,52-/m1/s1. The Labute approximate surface area is 433 Å². The van der Waals surface area contributed by atoms with Gasteiger partial charge in [0.25, 0.3) is 0 Å². The number of fused-ring (bicyclic) bond motifs is 5. The van der Waals surface area contributed by atoms with Crippen LogP contribution in [-0.4, -0.2) is 230 Å². The minimum absolute atomic E-state index is 0.0119. The Bertz CT molecular complexity index is 1870. The maximum atomic E-state index is 11.5. The lowest BCUT2D eigenvalue weighted by Crippen LogP contribution is -2.65. The zero-order chi connectivity index (χ0) is 53.3. The fourth-order valence-corrected chi connectivity index (χ4v) is 14.9. The summed E-state index contributed by atoms with van der Waals surface area (Å²) in [5.74, 6) is 1.51. The van der Waals surface area contributed by atoms with Crippen molar-refractivity contribution in [3.8, 4) is 0 Å². The fourth-order valence-electron chi connectivity index (χ4n) is 14.9. The normalized spacial score (nSPS) is 54.4. The van der Waals surface area contributed by atoms with E-state index in [9.17, 15) is 56.2 Å². The van der Waals surface area contributed by atoms with Crippen molar-refractivity contribution in [2.45, 2.75) is 259 Å². The van der Waals surface area contributed by atoms with Gasteiger partial charge in [-0.2, -0.15) is 0 Å². The summed E-state index contributed by atoms with van der Waals surface area (Å²) >= 11 is 0. The van der Waals surface area contributed by atoms with Crippen molar-refractivity contribution in [1.82, 2.24) is 0 Å². The molecule has 0 bridgehead atoms. The van der Waals surface area contributed by atoms with Crippen LogP contribution >= 0.6 is 0 Å². The number of aliphatic hydroxyl groups excluding tert-OH is 11. The molecule has 22 heteroatoms. The molecule has 0 radical (unpaired) electrons. The second-order valence-corrected chi connectivity index (χ2v) is 23.6. The van der Waals surface area contributed by atoms with Crippen LogP contribution in [0, 0.1) is 34.5 Å². The molecule has 5 heterocycles. The summed E-state index contributed by atoms with van der Waals surface area (Å²) in [5.41, 5.74) is 1.41. The van der Waals surface area contributed by atoms with Crippen molar-refractivity contribution in [2.75, 3.05) is 20.3 Å². The molecule has 9 aliphatic rings. The van der Waals surface area contributed by atoms with Gasteiger partial charge >= 0.3 is 0 Å². The Kier molecular flexibility index (Phi) is 18.0. The van der Waals surface area contributed by atoms with E-state index in [-0.39, 0.29) is 41.5 Å². The van der Waals surface area contributed by atoms with Crippen LogP contribution < -0.4 is 0 Å². The molecule has 74 heavy (non-hydrogen) atoms. The average Bonchev–Trinajstić information content (AvgIpc) is 3.73. The molecule has 0 amide bonds. The van der Waals surface area contributed by atoms with E-state index in [0.717, 1.165) is 51.4 Å². The van der Waals surface area contributed by atoms with Crippen LogP contribution in [0.1, 0.15) is 106 Å². The predicted octanol–water partition coefficient (Wildman–Crippen LogP) is -0.777. The van der Waals surface area contributed by atoms with E-state index in [1.807, 2.05) is 13.8 Å². The monoisotopic (exact) mass is 1060 g/mol. The molecule has 31 atom stereocenters. The van der Waals surface area contributed by atoms with Gasteiger partial charge in [-0.1, -0.05) is 25.5 Å². The number of hydrogen-bond acceptors (Lipinski definition) is 22. The van der Waals surface area contributed by atoms with Crippen LogP contribution in [-0.2, 0) is 52.1 Å². The third-order valence-electron chi connectivity index (χ3n) is 19.3. The molecular weight excluding hydrogens is 977 g/mol. The molecule has 4 aliphatic carbocycles. The average molecular weight is 1060 g/mol. The van der Waals surface area contributed by atoms with E-state index in [1.165, 1.54) is 5.57 Å². The first-order valence-electron chi connectivity index (χ1n) is 27.2. The van der Waals surface area contributed by atoms with E-state index in [1.54, 1.807) is 21.0 Å². The lowest BCUT2D eigenvalue weighted by Gasteiger charge is -2.58. The van der Waals surface area contributed by atoms with Crippen molar-refractivity contribution in [1.29, 1.82) is 0 Å². The van der Waals surface area contributed by atoms with Crippen molar-refractivity contribution >= 4 is 0 Å². The number of allylic oxidation sites excluding steroid dienone is 1. The van der Waals surface area contributed by atoms with Crippen LogP contribution in [0.25, 0.3) is 0 Å². The number of hydrogen-bond donors (Lipinski definition) is 11. The molecule has 0 unspecified atom stereocenters. The third kappa shape index (κ3) is 10.9. The van der Waals surface area contributed by atoms with E-state index in [4.69, 9.17) is 52.1 Å². The van der Waals surface area contributed by atoms with Gasteiger partial charge in [0.15, 0.2) is 31.5 Å². The molecule has 8 fully saturated rings. The van der Waals surface area contributed by atoms with E-state index in [2.05, 4.69) is 19.9 Å². The summed E-state index contributed by atoms with van der Waals surface area (Å²) in [7, 11) is 1.65. The van der Waals surface area contributed by atoms with Crippen LogP contribution in [0.15, 0.2) is 11.6 Å². The molecule has 0 aromatic rings. The SMILES string of the molecule is CO[C@H]1C[C@H](O[C@H]2CC[C@@]3(C)C(=CC[C@H]4[C@H]5CC[C@H]([C@@H](C)O[C@@H]6O[C@H](C)[C@@H](O)[C@@H](O)[C@H]6O[C@@H]6O[C@H](CO[C@@H]7O[C@H](CO)[C@@H](O)[C@H](O)[C@H]7O)[C@@H](O)[C@H](O)[C@H]6O)[C@@]5(C)CC[C@@H]43)C2)O[C@H](C)[C@H]1O[C@H]1C[C@H](O)[C@H](O)[C@@H](C)O1. The van der Waals surface area contributed by atoms with Gasteiger partial charge in [-0.3, -0.25) is 0 Å². The first-order chi connectivity index (χ1) is 35.1. The molecule has 0 aromatic heterocycles. The van der Waals surface area contributed by atoms with Gasteiger partial charge in [-0.15, -0.1) is 0 Å². The lowest BCUT2D eigenvalue weighted by atomic mass is 9.47. The van der Waals surface area contributed by atoms with Gasteiger partial charge in [0.1, 0.15) is 79.4 Å². The molecule has 9 rings (SSSR count). The number of aliphatic hydroxyl groups is 11. The maximum Gasteiger partial charge on any atom is 0.187 e. The zero-order valence-corrected chi connectivity index (χ0v) is 43.7. The number of ether oxygens (including phenoxy) is 11. The van der Waals surface area contributed by atoms with Crippen molar-refractivity contribution < 1.29 is 108 Å². The van der Waals surface area contributed by atoms with Crippen molar-refractivity contribution in [2.24, 2.45) is 34.5 Å². The van der Waals surface area contributed by atoms with Crippen LogP contribution in [0.5, 0.6) is 0 Å². The molecule has 426 valence electrons. The third-order valence-corrected chi connectivity index (χ3v) is 19.3. The van der Waals surface area contributed by atoms with Gasteiger partial charge in [0, 0.05) is 20.0 Å². The molecule has 11 N–H and O–H groups in total. The quantitative estimate of drug-likeness (QED) is 0.0951. The molecule has 0 aromatic carbocycles. The smallest absolute Gasteiger partial charge is 0.187 e. The zero-order valence-electron chi connectivity index (χ0n) is 43.7. The largest absolute Gasteiger partial charge is 0.394 e. The van der Waals surface area contributed by atoms with Gasteiger partial charge < -0.3 is 108 Å². The predicted molar refractivity (Wildman–Crippen MR) is 254 cm³/mol. The van der Waals surface area contributed by atoms with Gasteiger partial charge in [-0.05, 0) is 114 Å². The fraction of sp³-hybridized carbons (Fsp3) is 0.962. The minimum Gasteiger partial charge on any atom is -0.394 e. The van der Waals surface area contributed by atoms with E-state index < -0.39 is 148 Å². The van der Waals surface area contributed by atoms with E-state index in [0.29, 0.717) is 24.2 Å². The van der Waals surface area contributed by atoms with Gasteiger partial charge in [0.05, 0.1) is 55.9 Å². The van der Waals surface area contributed by atoms with Crippen LogP contribution in [0.2, 0.25) is 0 Å². The van der Waals surface area contributed by atoms with Gasteiger partial charge in [-0.25, -0.2) is 0 Å².